The fourth-order valence-corrected chi connectivity index (χ4v) is 4.40. The number of nitrogens with two attached hydrogens (primary N) is 2. The topological polar surface area (TPSA) is 161 Å². The molecule has 0 amide bonds. The molecule has 3 heterocycles. The van der Waals surface area contributed by atoms with E-state index in [0.717, 1.165) is 44.0 Å². The standard InChI is InChI=1S/C23H33ClN8O3/c24-16-4-2-15(3-5-16)6-8-27-9-11-31(10-1-7-25)12-17-19(33)20(34)23(35-17)32-14-30-18-21(26)28-13-29-22(18)32/h2-5,13-14,17,19-20,23,27,33-34H,1,6-12,25H2,(H2,26,28,29)/t17-,19-,20?,23?/m1/s1. The summed E-state index contributed by atoms with van der Waals surface area (Å²) in [7, 11) is 0. The van der Waals surface area contributed by atoms with Gasteiger partial charge < -0.3 is 31.7 Å². The number of anilines is 1. The van der Waals surface area contributed by atoms with Crippen molar-refractivity contribution in [3.8, 4) is 0 Å². The van der Waals surface area contributed by atoms with Crippen LogP contribution in [-0.4, -0.2) is 92.2 Å². The average Bonchev–Trinajstić information content (AvgIpc) is 3.40. The number of nitrogens with zero attached hydrogens (tertiary/aromatic N) is 5. The highest BCUT2D eigenvalue weighted by Gasteiger charge is 2.44. The summed E-state index contributed by atoms with van der Waals surface area (Å²) in [4.78, 5) is 14.6. The van der Waals surface area contributed by atoms with E-state index in [0.29, 0.717) is 24.3 Å². The summed E-state index contributed by atoms with van der Waals surface area (Å²) in [5.41, 5.74) is 13.7. The highest BCUT2D eigenvalue weighted by atomic mass is 35.5. The molecule has 3 aromatic rings. The second kappa shape index (κ2) is 12.0. The van der Waals surface area contributed by atoms with Crippen LogP contribution in [0.25, 0.3) is 11.2 Å². The quantitative estimate of drug-likeness (QED) is 0.215. The van der Waals surface area contributed by atoms with Crippen LogP contribution < -0.4 is 16.8 Å². The molecule has 1 fully saturated rings. The molecule has 2 aromatic heterocycles. The van der Waals surface area contributed by atoms with Crippen LogP contribution in [-0.2, 0) is 11.2 Å². The summed E-state index contributed by atoms with van der Waals surface area (Å²) in [5, 5.41) is 25.7. The van der Waals surface area contributed by atoms with Crippen LogP contribution in [0.2, 0.25) is 5.02 Å². The third kappa shape index (κ3) is 6.25. The number of ether oxygens (including phenoxy) is 1. The number of fused-ring (bicyclic) bond motifs is 1. The SMILES string of the molecule is NCCCN(CCNCCc1ccc(Cl)cc1)C[C@H]1OC(n2cnc3c(N)ncnc32)C(O)[C@@H]1O. The van der Waals surface area contributed by atoms with Crippen molar-refractivity contribution in [2.24, 2.45) is 5.73 Å². The highest BCUT2D eigenvalue weighted by Crippen LogP contribution is 2.32. The Morgan fingerprint density at radius 1 is 1.09 bits per heavy atom. The van der Waals surface area contributed by atoms with E-state index >= 15 is 0 Å². The Morgan fingerprint density at radius 2 is 1.89 bits per heavy atom. The second-order valence-corrected chi connectivity index (χ2v) is 9.13. The van der Waals surface area contributed by atoms with Crippen LogP contribution in [0.1, 0.15) is 18.2 Å². The third-order valence-electron chi connectivity index (χ3n) is 6.22. The number of imidazole rings is 1. The molecule has 190 valence electrons. The van der Waals surface area contributed by atoms with E-state index in [1.54, 1.807) is 4.57 Å². The van der Waals surface area contributed by atoms with E-state index in [2.05, 4.69) is 25.2 Å². The first-order valence-electron chi connectivity index (χ1n) is 11.8. The van der Waals surface area contributed by atoms with E-state index in [1.165, 1.54) is 18.2 Å². The van der Waals surface area contributed by atoms with Gasteiger partial charge in [-0.2, -0.15) is 0 Å². The maximum absolute atomic E-state index is 10.7. The molecule has 0 radical (unpaired) electrons. The number of aliphatic hydroxyl groups is 2. The largest absolute Gasteiger partial charge is 0.387 e. The number of hydrogen-bond donors (Lipinski definition) is 5. The van der Waals surface area contributed by atoms with Gasteiger partial charge in [-0.05, 0) is 50.2 Å². The van der Waals surface area contributed by atoms with Crippen molar-refractivity contribution in [1.82, 2.24) is 29.7 Å². The molecule has 4 atom stereocenters. The summed E-state index contributed by atoms with van der Waals surface area (Å²) in [6, 6.07) is 7.85. The van der Waals surface area contributed by atoms with E-state index in [9.17, 15) is 10.2 Å². The predicted molar refractivity (Wildman–Crippen MR) is 134 cm³/mol. The van der Waals surface area contributed by atoms with Gasteiger partial charge in [0.2, 0.25) is 0 Å². The normalized spacial score (nSPS) is 22.4. The Bertz CT molecular complexity index is 1080. The smallest absolute Gasteiger partial charge is 0.167 e. The Hall–Kier alpha value is -2.38. The summed E-state index contributed by atoms with van der Waals surface area (Å²) in [6.45, 7) is 4.16. The Balaban J connectivity index is 1.32. The van der Waals surface area contributed by atoms with E-state index < -0.39 is 24.5 Å². The molecule has 12 heteroatoms. The van der Waals surface area contributed by atoms with Crippen molar-refractivity contribution in [2.45, 2.75) is 37.4 Å². The minimum absolute atomic E-state index is 0.245. The number of benzene rings is 1. The molecule has 0 aliphatic carbocycles. The van der Waals surface area contributed by atoms with Crippen molar-refractivity contribution in [1.29, 1.82) is 0 Å². The average molecular weight is 505 g/mol. The number of aliphatic hydroxyl groups excluding tert-OH is 2. The molecule has 35 heavy (non-hydrogen) atoms. The van der Waals surface area contributed by atoms with Crippen molar-refractivity contribution in [3.05, 3.63) is 47.5 Å². The molecule has 0 saturated carbocycles. The number of rotatable bonds is 12. The van der Waals surface area contributed by atoms with Crippen molar-refractivity contribution >= 4 is 28.6 Å². The van der Waals surface area contributed by atoms with Gasteiger partial charge in [0.05, 0.1) is 6.33 Å². The summed E-state index contributed by atoms with van der Waals surface area (Å²) >= 11 is 5.94. The monoisotopic (exact) mass is 504 g/mol. The van der Waals surface area contributed by atoms with Crippen LogP contribution >= 0.6 is 11.6 Å². The number of nitrogens with one attached hydrogen (secondary N) is 1. The van der Waals surface area contributed by atoms with E-state index in [4.69, 9.17) is 27.8 Å². The van der Waals surface area contributed by atoms with Crippen molar-refractivity contribution < 1.29 is 14.9 Å². The lowest BCUT2D eigenvalue weighted by atomic mass is 10.1. The maximum Gasteiger partial charge on any atom is 0.167 e. The lowest BCUT2D eigenvalue weighted by Gasteiger charge is -2.26. The Kier molecular flexibility index (Phi) is 8.84. The zero-order valence-corrected chi connectivity index (χ0v) is 20.3. The van der Waals surface area contributed by atoms with E-state index in [-0.39, 0.29) is 5.82 Å². The van der Waals surface area contributed by atoms with E-state index in [1.807, 2.05) is 24.3 Å². The first-order valence-corrected chi connectivity index (χ1v) is 12.2. The Labute approximate surface area is 209 Å². The molecule has 1 saturated heterocycles. The van der Waals surface area contributed by atoms with Crippen LogP contribution in [0, 0.1) is 0 Å². The van der Waals surface area contributed by atoms with Gasteiger partial charge >= 0.3 is 0 Å². The molecule has 4 rings (SSSR count). The summed E-state index contributed by atoms with van der Waals surface area (Å²) < 4.78 is 7.69. The van der Waals surface area contributed by atoms with Crippen molar-refractivity contribution in [2.75, 3.05) is 45.0 Å². The second-order valence-electron chi connectivity index (χ2n) is 8.70. The predicted octanol–water partition coefficient (Wildman–Crippen LogP) is 0.164. The number of aromatic nitrogens is 4. The van der Waals surface area contributed by atoms with Crippen LogP contribution in [0.5, 0.6) is 0 Å². The van der Waals surface area contributed by atoms with Gasteiger partial charge in [-0.25, -0.2) is 15.0 Å². The van der Waals surface area contributed by atoms with Gasteiger partial charge in [-0.3, -0.25) is 9.47 Å². The first kappa shape index (κ1) is 25.7. The molecule has 2 unspecified atom stereocenters. The van der Waals surface area contributed by atoms with Gasteiger partial charge in [0.15, 0.2) is 17.7 Å². The minimum Gasteiger partial charge on any atom is -0.387 e. The zero-order chi connectivity index (χ0) is 24.8. The zero-order valence-electron chi connectivity index (χ0n) is 19.5. The highest BCUT2D eigenvalue weighted by molar-refractivity contribution is 6.30. The van der Waals surface area contributed by atoms with Gasteiger partial charge in [0, 0.05) is 24.7 Å². The van der Waals surface area contributed by atoms with Gasteiger partial charge in [0.25, 0.3) is 0 Å². The first-order chi connectivity index (χ1) is 17.0. The molecule has 1 aliphatic heterocycles. The van der Waals surface area contributed by atoms with Crippen LogP contribution in [0.4, 0.5) is 5.82 Å². The number of halogens is 1. The lowest BCUT2D eigenvalue weighted by Crippen LogP contribution is -2.43. The fourth-order valence-electron chi connectivity index (χ4n) is 4.28. The molecule has 1 aromatic carbocycles. The third-order valence-corrected chi connectivity index (χ3v) is 6.48. The van der Waals surface area contributed by atoms with Gasteiger partial charge in [-0.15, -0.1) is 0 Å². The molecule has 11 nitrogen and oxygen atoms in total. The molecular formula is C23H33ClN8O3. The number of hydrogen-bond acceptors (Lipinski definition) is 10. The van der Waals surface area contributed by atoms with Gasteiger partial charge in [-0.1, -0.05) is 23.7 Å². The molecule has 7 N–H and O–H groups in total. The Morgan fingerprint density at radius 3 is 2.66 bits per heavy atom. The molecular weight excluding hydrogens is 472 g/mol. The number of nitrogen functional groups attached to an aromatic ring is 1. The van der Waals surface area contributed by atoms with Crippen molar-refractivity contribution in [3.63, 3.8) is 0 Å². The van der Waals surface area contributed by atoms with Gasteiger partial charge in [0.1, 0.15) is 30.2 Å². The summed E-state index contributed by atoms with van der Waals surface area (Å²) in [5.74, 6) is 0.245. The molecule has 1 aliphatic rings. The molecule has 0 bridgehead atoms. The van der Waals surface area contributed by atoms with Crippen LogP contribution in [0.3, 0.4) is 0 Å². The molecule has 0 spiro atoms. The summed E-state index contributed by atoms with van der Waals surface area (Å²) in [6.07, 6.45) is 0.946. The fraction of sp³-hybridized carbons (Fsp3) is 0.522. The van der Waals surface area contributed by atoms with Crippen LogP contribution in [0.15, 0.2) is 36.9 Å². The lowest BCUT2D eigenvalue weighted by molar-refractivity contribution is -0.0440. The minimum atomic E-state index is -1.14. The maximum atomic E-state index is 10.7.